The molecule has 0 fully saturated rings. The number of nitrogens with zero attached hydrogens (tertiary/aromatic N) is 3. The van der Waals surface area contributed by atoms with Gasteiger partial charge in [0.05, 0.1) is 0 Å². The summed E-state index contributed by atoms with van der Waals surface area (Å²) in [6.45, 7) is 1.35. The number of carbonyl (C=O) groups excluding carboxylic acids is 1. The minimum absolute atomic E-state index is 0.241. The molecule has 4 rings (SSSR count). The molecule has 0 saturated heterocycles. The number of amides is 2. The normalized spacial score (nSPS) is 10.8. The summed E-state index contributed by atoms with van der Waals surface area (Å²) in [6.07, 6.45) is 1.70. The molecule has 0 aliphatic carbocycles. The van der Waals surface area contributed by atoms with Gasteiger partial charge in [0.25, 0.3) is 0 Å². The van der Waals surface area contributed by atoms with Crippen molar-refractivity contribution in [1.82, 2.24) is 25.2 Å². The number of hydrogen-bond donors (Lipinski definition) is 2. The van der Waals surface area contributed by atoms with Crippen LogP contribution in [0, 0.1) is 5.82 Å². The van der Waals surface area contributed by atoms with E-state index in [1.165, 1.54) is 12.1 Å². The average Bonchev–Trinajstić information content (AvgIpc) is 3.12. The number of imidazole rings is 1. The van der Waals surface area contributed by atoms with E-state index in [2.05, 4.69) is 20.6 Å². The van der Waals surface area contributed by atoms with Crippen molar-refractivity contribution < 1.29 is 9.18 Å². The zero-order valence-electron chi connectivity index (χ0n) is 15.7. The standard InChI is InChI=1S/C22H20FN5O/c23-18-10-8-17(9-11-18)20-27-19-7-4-12-24-21(19)28(20)14-13-25-22(29)26-15-16-5-2-1-3-6-16/h1-12H,13-15H2,(H2,25,26,29). The lowest BCUT2D eigenvalue weighted by Crippen LogP contribution is -2.36. The first-order valence-corrected chi connectivity index (χ1v) is 9.33. The molecule has 0 aliphatic heterocycles. The van der Waals surface area contributed by atoms with E-state index in [1.54, 1.807) is 18.3 Å². The molecule has 2 aromatic carbocycles. The number of nitrogens with one attached hydrogen (secondary N) is 2. The van der Waals surface area contributed by atoms with Crippen molar-refractivity contribution in [3.8, 4) is 11.4 Å². The van der Waals surface area contributed by atoms with Crippen molar-refractivity contribution in [2.45, 2.75) is 13.1 Å². The van der Waals surface area contributed by atoms with E-state index in [-0.39, 0.29) is 11.8 Å². The number of aromatic nitrogens is 3. The van der Waals surface area contributed by atoms with E-state index >= 15 is 0 Å². The number of halogens is 1. The van der Waals surface area contributed by atoms with Gasteiger partial charge in [0.15, 0.2) is 5.65 Å². The number of hydrogen-bond acceptors (Lipinski definition) is 3. The van der Waals surface area contributed by atoms with Crippen molar-refractivity contribution in [2.24, 2.45) is 0 Å². The molecule has 6 nitrogen and oxygen atoms in total. The van der Waals surface area contributed by atoms with Crippen molar-refractivity contribution >= 4 is 17.2 Å². The van der Waals surface area contributed by atoms with Crippen molar-refractivity contribution in [1.29, 1.82) is 0 Å². The van der Waals surface area contributed by atoms with Gasteiger partial charge < -0.3 is 15.2 Å². The Balaban J connectivity index is 1.45. The fourth-order valence-electron chi connectivity index (χ4n) is 3.11. The van der Waals surface area contributed by atoms with Crippen LogP contribution in [0.5, 0.6) is 0 Å². The molecule has 4 aromatic rings. The number of benzene rings is 2. The van der Waals surface area contributed by atoms with Gasteiger partial charge in [-0.1, -0.05) is 30.3 Å². The maximum absolute atomic E-state index is 13.3. The van der Waals surface area contributed by atoms with Crippen LogP contribution in [-0.4, -0.2) is 27.1 Å². The van der Waals surface area contributed by atoms with Gasteiger partial charge >= 0.3 is 6.03 Å². The maximum atomic E-state index is 13.3. The fraction of sp³-hybridized carbons (Fsp3) is 0.136. The van der Waals surface area contributed by atoms with Gasteiger partial charge in [0, 0.05) is 31.4 Å². The van der Waals surface area contributed by atoms with Gasteiger partial charge in [-0.15, -0.1) is 0 Å². The molecule has 0 radical (unpaired) electrons. The first-order chi connectivity index (χ1) is 14.2. The Morgan fingerprint density at radius 1 is 0.966 bits per heavy atom. The third-order valence-electron chi connectivity index (χ3n) is 4.52. The van der Waals surface area contributed by atoms with Gasteiger partial charge in [-0.25, -0.2) is 19.2 Å². The highest BCUT2D eigenvalue weighted by atomic mass is 19.1. The minimum Gasteiger partial charge on any atom is -0.336 e. The van der Waals surface area contributed by atoms with E-state index in [0.717, 1.165) is 22.3 Å². The molecule has 2 heterocycles. The van der Waals surface area contributed by atoms with Crippen LogP contribution in [0.4, 0.5) is 9.18 Å². The lowest BCUT2D eigenvalue weighted by Gasteiger charge is -2.11. The highest BCUT2D eigenvalue weighted by Crippen LogP contribution is 2.23. The Hall–Kier alpha value is -3.74. The SMILES string of the molecule is O=C(NCCn1c(-c2ccc(F)cc2)nc2cccnc21)NCc1ccccc1. The number of pyridine rings is 1. The average molecular weight is 389 g/mol. The second-order valence-corrected chi connectivity index (χ2v) is 6.54. The quantitative estimate of drug-likeness (QED) is 0.528. The van der Waals surface area contributed by atoms with Crippen LogP contribution >= 0.6 is 0 Å². The van der Waals surface area contributed by atoms with E-state index < -0.39 is 0 Å². The Bertz CT molecular complexity index is 1110. The summed E-state index contributed by atoms with van der Waals surface area (Å²) in [6, 6.07) is 19.4. The van der Waals surface area contributed by atoms with E-state index in [9.17, 15) is 9.18 Å². The lowest BCUT2D eigenvalue weighted by molar-refractivity contribution is 0.240. The molecule has 0 atom stereocenters. The number of carbonyl (C=O) groups is 1. The molecule has 0 bridgehead atoms. The summed E-state index contributed by atoms with van der Waals surface area (Å²) in [5.41, 5.74) is 3.29. The molecule has 2 amide bonds. The van der Waals surface area contributed by atoms with Crippen LogP contribution in [0.2, 0.25) is 0 Å². The maximum Gasteiger partial charge on any atom is 0.315 e. The molecule has 0 aliphatic rings. The number of urea groups is 1. The molecular formula is C22H20FN5O. The fourth-order valence-corrected chi connectivity index (χ4v) is 3.11. The molecule has 0 saturated carbocycles. The number of fused-ring (bicyclic) bond motifs is 1. The van der Waals surface area contributed by atoms with Gasteiger partial charge in [-0.2, -0.15) is 0 Å². The molecular weight excluding hydrogens is 369 g/mol. The summed E-state index contributed by atoms with van der Waals surface area (Å²) < 4.78 is 15.2. The molecule has 29 heavy (non-hydrogen) atoms. The molecule has 2 aromatic heterocycles. The Morgan fingerprint density at radius 2 is 1.76 bits per heavy atom. The second kappa shape index (κ2) is 8.52. The largest absolute Gasteiger partial charge is 0.336 e. The monoisotopic (exact) mass is 389 g/mol. The van der Waals surface area contributed by atoms with Crippen LogP contribution in [0.3, 0.4) is 0 Å². The van der Waals surface area contributed by atoms with Crippen LogP contribution in [-0.2, 0) is 13.1 Å². The van der Waals surface area contributed by atoms with E-state index in [0.29, 0.717) is 25.5 Å². The van der Waals surface area contributed by atoms with Crippen molar-refractivity contribution in [2.75, 3.05) is 6.54 Å². The third-order valence-corrected chi connectivity index (χ3v) is 4.52. The van der Waals surface area contributed by atoms with E-state index in [1.807, 2.05) is 47.0 Å². The minimum atomic E-state index is -0.300. The lowest BCUT2D eigenvalue weighted by atomic mass is 10.2. The Labute approximate surface area is 167 Å². The third kappa shape index (κ3) is 4.40. The first-order valence-electron chi connectivity index (χ1n) is 9.33. The topological polar surface area (TPSA) is 71.8 Å². The van der Waals surface area contributed by atoms with Crippen LogP contribution in [0.25, 0.3) is 22.6 Å². The highest BCUT2D eigenvalue weighted by Gasteiger charge is 2.13. The first kappa shape index (κ1) is 18.6. The Morgan fingerprint density at radius 3 is 2.55 bits per heavy atom. The smallest absolute Gasteiger partial charge is 0.315 e. The molecule has 0 unspecified atom stereocenters. The summed E-state index contributed by atoms with van der Waals surface area (Å²) in [4.78, 5) is 21.1. The van der Waals surface area contributed by atoms with Crippen LogP contribution in [0.1, 0.15) is 5.56 Å². The zero-order valence-corrected chi connectivity index (χ0v) is 15.7. The molecule has 146 valence electrons. The molecule has 7 heteroatoms. The summed E-state index contributed by atoms with van der Waals surface area (Å²) in [5, 5.41) is 5.69. The Kier molecular flexibility index (Phi) is 5.47. The van der Waals surface area contributed by atoms with Crippen molar-refractivity contribution in [3.63, 3.8) is 0 Å². The van der Waals surface area contributed by atoms with Crippen LogP contribution in [0.15, 0.2) is 72.9 Å². The number of rotatable bonds is 6. The van der Waals surface area contributed by atoms with Crippen molar-refractivity contribution in [3.05, 3.63) is 84.3 Å². The summed E-state index contributed by atoms with van der Waals surface area (Å²) >= 11 is 0. The zero-order chi connectivity index (χ0) is 20.1. The predicted octanol–water partition coefficient (Wildman–Crippen LogP) is 3.74. The highest BCUT2D eigenvalue weighted by molar-refractivity contribution is 5.77. The van der Waals surface area contributed by atoms with Gasteiger partial charge in [-0.05, 0) is 42.0 Å². The second-order valence-electron chi connectivity index (χ2n) is 6.54. The van der Waals surface area contributed by atoms with Crippen LogP contribution < -0.4 is 10.6 Å². The summed E-state index contributed by atoms with van der Waals surface area (Å²) in [7, 11) is 0. The molecule has 0 spiro atoms. The molecule has 2 N–H and O–H groups in total. The van der Waals surface area contributed by atoms with E-state index in [4.69, 9.17) is 0 Å². The van der Waals surface area contributed by atoms with Gasteiger partial charge in [0.1, 0.15) is 17.2 Å². The van der Waals surface area contributed by atoms with Gasteiger partial charge in [-0.3, -0.25) is 0 Å². The predicted molar refractivity (Wildman–Crippen MR) is 110 cm³/mol. The summed E-state index contributed by atoms with van der Waals surface area (Å²) in [5.74, 6) is 0.386. The van der Waals surface area contributed by atoms with Gasteiger partial charge in [0.2, 0.25) is 0 Å².